The molecule has 14 heavy (non-hydrogen) atoms. The lowest BCUT2D eigenvalue weighted by Gasteiger charge is -2.21. The lowest BCUT2D eigenvalue weighted by molar-refractivity contribution is 0.724. The van der Waals surface area contributed by atoms with Gasteiger partial charge in [0.05, 0.1) is 0 Å². The summed E-state index contributed by atoms with van der Waals surface area (Å²) in [5.41, 5.74) is -0.151. The van der Waals surface area contributed by atoms with Crippen molar-refractivity contribution in [3.63, 3.8) is 0 Å². The molecule has 0 aliphatic carbocycles. The van der Waals surface area contributed by atoms with Gasteiger partial charge in [0.2, 0.25) is 0 Å². The van der Waals surface area contributed by atoms with Crippen molar-refractivity contribution in [3.8, 4) is 0 Å². The molecule has 0 spiro atoms. The van der Waals surface area contributed by atoms with Crippen LogP contribution in [0.2, 0.25) is 0 Å². The van der Waals surface area contributed by atoms with Gasteiger partial charge in [-0.05, 0) is 18.9 Å². The molecule has 0 unspecified atom stereocenters. The van der Waals surface area contributed by atoms with Crippen molar-refractivity contribution in [2.75, 3.05) is 18.0 Å². The summed E-state index contributed by atoms with van der Waals surface area (Å²) in [7, 11) is 0. The van der Waals surface area contributed by atoms with Gasteiger partial charge in [-0.25, -0.2) is 5.10 Å². The summed E-state index contributed by atoms with van der Waals surface area (Å²) >= 11 is 0. The van der Waals surface area contributed by atoms with Crippen molar-refractivity contribution in [3.05, 3.63) is 22.5 Å². The Morgan fingerprint density at radius 2 is 1.93 bits per heavy atom. The second-order valence-corrected chi connectivity index (χ2v) is 3.27. The smallest absolute Gasteiger partial charge is 0.264 e. The van der Waals surface area contributed by atoms with Crippen molar-refractivity contribution in [1.29, 1.82) is 0 Å². The molecule has 0 aromatic carbocycles. The molecule has 1 aromatic heterocycles. The second-order valence-electron chi connectivity index (χ2n) is 3.27. The van der Waals surface area contributed by atoms with Gasteiger partial charge in [0.25, 0.3) is 5.56 Å². The van der Waals surface area contributed by atoms with E-state index in [2.05, 4.69) is 28.9 Å². The van der Waals surface area contributed by atoms with E-state index in [0.29, 0.717) is 0 Å². The highest BCUT2D eigenvalue weighted by Crippen LogP contribution is 2.07. The maximum absolute atomic E-state index is 10.8. The minimum absolute atomic E-state index is 0.151. The molecule has 1 N–H and O–H groups in total. The highest BCUT2D eigenvalue weighted by molar-refractivity contribution is 5.35. The molecule has 0 bridgehead atoms. The lowest BCUT2D eigenvalue weighted by atomic mass is 10.3. The van der Waals surface area contributed by atoms with E-state index in [1.165, 1.54) is 6.07 Å². The first-order valence-corrected chi connectivity index (χ1v) is 5.08. The van der Waals surface area contributed by atoms with Crippen LogP contribution in [0.15, 0.2) is 16.9 Å². The summed E-state index contributed by atoms with van der Waals surface area (Å²) in [6.07, 6.45) is 2.17. The predicted molar refractivity (Wildman–Crippen MR) is 57.7 cm³/mol. The van der Waals surface area contributed by atoms with Crippen LogP contribution >= 0.6 is 0 Å². The van der Waals surface area contributed by atoms with Gasteiger partial charge >= 0.3 is 0 Å². The van der Waals surface area contributed by atoms with Crippen LogP contribution in [-0.2, 0) is 0 Å². The predicted octanol–water partition coefficient (Wildman–Crippen LogP) is 1.40. The zero-order valence-corrected chi connectivity index (χ0v) is 8.79. The normalized spacial score (nSPS) is 10.1. The molecular formula is C10H17N3O. The molecule has 0 aliphatic heterocycles. The van der Waals surface area contributed by atoms with Gasteiger partial charge < -0.3 is 4.90 Å². The van der Waals surface area contributed by atoms with Crippen LogP contribution in [0.3, 0.4) is 0 Å². The molecule has 0 fully saturated rings. The Labute approximate surface area is 84.0 Å². The van der Waals surface area contributed by atoms with Crippen molar-refractivity contribution in [2.24, 2.45) is 0 Å². The highest BCUT2D eigenvalue weighted by Gasteiger charge is 2.04. The van der Waals surface area contributed by atoms with E-state index in [9.17, 15) is 4.79 Å². The molecule has 0 amide bonds. The molecule has 4 heteroatoms. The SMILES string of the molecule is CCCN(CCC)c1ccc(=O)[nH]n1. The van der Waals surface area contributed by atoms with Crippen molar-refractivity contribution in [2.45, 2.75) is 26.7 Å². The Kier molecular flexibility index (Phi) is 4.16. The van der Waals surface area contributed by atoms with Crippen LogP contribution in [0.4, 0.5) is 5.82 Å². The van der Waals surface area contributed by atoms with Crippen LogP contribution in [0, 0.1) is 0 Å². The molecule has 1 heterocycles. The topological polar surface area (TPSA) is 49.0 Å². The Bertz CT molecular complexity index is 295. The fourth-order valence-corrected chi connectivity index (χ4v) is 1.39. The molecule has 4 nitrogen and oxygen atoms in total. The number of nitrogens with zero attached hydrogens (tertiary/aromatic N) is 2. The number of nitrogens with one attached hydrogen (secondary N) is 1. The minimum atomic E-state index is -0.151. The summed E-state index contributed by atoms with van der Waals surface area (Å²) in [6.45, 7) is 6.22. The maximum Gasteiger partial charge on any atom is 0.264 e. The molecule has 0 radical (unpaired) electrons. The van der Waals surface area contributed by atoms with Crippen LogP contribution in [-0.4, -0.2) is 23.3 Å². The largest absolute Gasteiger partial charge is 0.355 e. The average molecular weight is 195 g/mol. The summed E-state index contributed by atoms with van der Waals surface area (Å²) in [6, 6.07) is 3.28. The van der Waals surface area contributed by atoms with E-state index in [-0.39, 0.29) is 5.56 Å². The Hall–Kier alpha value is -1.32. The van der Waals surface area contributed by atoms with Crippen LogP contribution in [0.1, 0.15) is 26.7 Å². The first kappa shape index (κ1) is 10.8. The van der Waals surface area contributed by atoms with Gasteiger partial charge in [-0.15, -0.1) is 0 Å². The molecular weight excluding hydrogens is 178 g/mol. The molecule has 78 valence electrons. The third-order valence-corrected chi connectivity index (χ3v) is 1.98. The molecule has 1 rings (SSSR count). The van der Waals surface area contributed by atoms with Gasteiger partial charge in [-0.1, -0.05) is 13.8 Å². The highest BCUT2D eigenvalue weighted by atomic mass is 16.1. The number of aromatic nitrogens is 2. The minimum Gasteiger partial charge on any atom is -0.355 e. The first-order valence-electron chi connectivity index (χ1n) is 5.08. The van der Waals surface area contributed by atoms with Gasteiger partial charge in [0.15, 0.2) is 0 Å². The van der Waals surface area contributed by atoms with Gasteiger partial charge in [-0.3, -0.25) is 4.79 Å². The monoisotopic (exact) mass is 195 g/mol. The fraction of sp³-hybridized carbons (Fsp3) is 0.600. The molecule has 0 aliphatic rings. The molecule has 0 saturated heterocycles. The first-order chi connectivity index (χ1) is 6.77. The van der Waals surface area contributed by atoms with Gasteiger partial charge in [0, 0.05) is 19.2 Å². The Balaban J connectivity index is 2.76. The van der Waals surface area contributed by atoms with E-state index in [1.54, 1.807) is 6.07 Å². The molecule has 1 aromatic rings. The standard InChI is InChI=1S/C10H17N3O/c1-3-7-13(8-4-2)9-5-6-10(14)12-11-9/h5-6H,3-4,7-8H2,1-2H3,(H,12,14). The summed E-state index contributed by atoms with van der Waals surface area (Å²) in [5.74, 6) is 0.855. The van der Waals surface area contributed by atoms with Crippen LogP contribution < -0.4 is 10.5 Å². The Morgan fingerprint density at radius 1 is 1.29 bits per heavy atom. The van der Waals surface area contributed by atoms with Crippen molar-refractivity contribution < 1.29 is 0 Å². The molecule has 0 atom stereocenters. The number of H-pyrrole nitrogens is 1. The summed E-state index contributed by atoms with van der Waals surface area (Å²) < 4.78 is 0. The van der Waals surface area contributed by atoms with Crippen molar-refractivity contribution >= 4 is 5.82 Å². The molecule has 0 saturated carbocycles. The van der Waals surface area contributed by atoms with Crippen molar-refractivity contribution in [1.82, 2.24) is 10.2 Å². The van der Waals surface area contributed by atoms with E-state index in [4.69, 9.17) is 0 Å². The zero-order valence-electron chi connectivity index (χ0n) is 8.79. The van der Waals surface area contributed by atoms with Crippen LogP contribution in [0.5, 0.6) is 0 Å². The maximum atomic E-state index is 10.8. The summed E-state index contributed by atoms with van der Waals surface area (Å²) in [4.78, 5) is 13.0. The zero-order chi connectivity index (χ0) is 10.4. The second kappa shape index (κ2) is 5.42. The third kappa shape index (κ3) is 2.87. The Morgan fingerprint density at radius 3 is 2.36 bits per heavy atom. The number of rotatable bonds is 5. The summed E-state index contributed by atoms with van der Waals surface area (Å²) in [5, 5.41) is 6.45. The number of hydrogen-bond donors (Lipinski definition) is 1. The van der Waals surface area contributed by atoms with E-state index >= 15 is 0 Å². The van der Waals surface area contributed by atoms with Crippen LogP contribution in [0.25, 0.3) is 0 Å². The van der Waals surface area contributed by atoms with Gasteiger partial charge in [0.1, 0.15) is 5.82 Å². The number of anilines is 1. The number of hydrogen-bond acceptors (Lipinski definition) is 3. The quantitative estimate of drug-likeness (QED) is 0.772. The van der Waals surface area contributed by atoms with E-state index < -0.39 is 0 Å². The number of aromatic amines is 1. The third-order valence-electron chi connectivity index (χ3n) is 1.98. The lowest BCUT2D eigenvalue weighted by Crippen LogP contribution is -2.27. The fourth-order valence-electron chi connectivity index (χ4n) is 1.39. The van der Waals surface area contributed by atoms with E-state index in [0.717, 1.165) is 31.7 Å². The average Bonchev–Trinajstić information content (AvgIpc) is 2.19. The van der Waals surface area contributed by atoms with E-state index in [1.807, 2.05) is 0 Å². The van der Waals surface area contributed by atoms with Gasteiger partial charge in [-0.2, -0.15) is 5.10 Å².